The summed E-state index contributed by atoms with van der Waals surface area (Å²) in [4.78, 5) is 13.8. The largest absolute Gasteiger partial charge is 0.497 e. The van der Waals surface area contributed by atoms with Gasteiger partial charge in [-0.15, -0.1) is 0 Å². The minimum atomic E-state index is -2.83. The van der Waals surface area contributed by atoms with Gasteiger partial charge in [-0.3, -0.25) is 0 Å². The third kappa shape index (κ3) is 15.3. The molecule has 0 saturated carbocycles. The van der Waals surface area contributed by atoms with Gasteiger partial charge in [0.05, 0.1) is 32.0 Å². The summed E-state index contributed by atoms with van der Waals surface area (Å²) in [5, 5.41) is 11.5. The Morgan fingerprint density at radius 1 is 0.746 bits per heavy atom. The van der Waals surface area contributed by atoms with Gasteiger partial charge in [0.15, 0.2) is 8.32 Å². The van der Waals surface area contributed by atoms with E-state index >= 15 is 0 Å². The quantitative estimate of drug-likeness (QED) is 0.0364. The Morgan fingerprint density at radius 3 is 1.87 bits per heavy atom. The molecule has 4 aromatic rings. The molecule has 0 aliphatic heterocycles. The molecular weight excluding hydrogens is 817 g/mol. The van der Waals surface area contributed by atoms with Gasteiger partial charge in [-0.25, -0.2) is 4.79 Å². The zero-order chi connectivity index (χ0) is 45.9. The monoisotopic (exact) mass is 888 g/mol. The summed E-state index contributed by atoms with van der Waals surface area (Å²) >= 11 is 0. The molecule has 4 atom stereocenters. The number of hydrogen-bond acceptors (Lipinski definition) is 7. The molecule has 0 saturated heterocycles. The van der Waals surface area contributed by atoms with Crippen LogP contribution in [0, 0.1) is 17.8 Å². The average Bonchev–Trinajstić information content (AvgIpc) is 3.26. The number of benzene rings is 4. The topological polar surface area (TPSA) is 83.5 Å². The summed E-state index contributed by atoms with van der Waals surface area (Å²) in [6.45, 7) is 21.0. The van der Waals surface area contributed by atoms with Crippen molar-refractivity contribution >= 4 is 33.0 Å². The van der Waals surface area contributed by atoms with Crippen molar-refractivity contribution in [1.82, 2.24) is 0 Å². The van der Waals surface area contributed by atoms with Crippen LogP contribution in [0.15, 0.2) is 140 Å². The normalized spacial score (nSPS) is 14.5. The van der Waals surface area contributed by atoms with Crippen LogP contribution >= 0.6 is 0 Å². The van der Waals surface area contributed by atoms with Gasteiger partial charge in [-0.1, -0.05) is 170 Å². The highest BCUT2D eigenvalue weighted by Gasteiger charge is 2.50. The Balaban J connectivity index is 1.62. The zero-order valence-electron chi connectivity index (χ0n) is 39.4. The maximum absolute atomic E-state index is 13.8. The Labute approximate surface area is 381 Å². The first-order valence-electron chi connectivity index (χ1n) is 22.4. The number of allylic oxidation sites excluding steroid dienone is 2. The molecule has 0 aromatic heterocycles. The first-order valence-corrected chi connectivity index (χ1v) is 27.2. The van der Waals surface area contributed by atoms with Gasteiger partial charge in [0.25, 0.3) is 8.32 Å². The van der Waals surface area contributed by atoms with E-state index in [9.17, 15) is 9.90 Å². The Bertz CT molecular complexity index is 2020. The van der Waals surface area contributed by atoms with Gasteiger partial charge in [0, 0.05) is 19.4 Å². The van der Waals surface area contributed by atoms with Crippen LogP contribution < -0.4 is 15.1 Å². The maximum atomic E-state index is 13.8. The summed E-state index contributed by atoms with van der Waals surface area (Å²) in [7, 11) is -3.44. The fourth-order valence-electron chi connectivity index (χ4n) is 7.38. The number of carbonyl (C=O) groups is 1. The molecule has 0 bridgehead atoms. The highest BCUT2D eigenvalue weighted by atomic mass is 28.4. The highest BCUT2D eigenvalue weighted by Crippen LogP contribution is 2.39. The van der Waals surface area contributed by atoms with Gasteiger partial charge in [0.2, 0.25) is 0 Å². The van der Waals surface area contributed by atoms with E-state index in [4.69, 9.17) is 23.1 Å². The van der Waals surface area contributed by atoms with E-state index in [2.05, 4.69) is 128 Å². The maximum Gasteiger partial charge on any atom is 0.338 e. The molecule has 338 valence electrons. The number of carbonyl (C=O) groups excluding carboxylic acids is 1. The molecule has 63 heavy (non-hydrogen) atoms. The van der Waals surface area contributed by atoms with Crippen LogP contribution in [-0.2, 0) is 24.9 Å². The van der Waals surface area contributed by atoms with Gasteiger partial charge in [0.1, 0.15) is 18.0 Å². The van der Waals surface area contributed by atoms with Crippen LogP contribution in [0.1, 0.15) is 90.1 Å². The van der Waals surface area contributed by atoms with Crippen LogP contribution in [-0.4, -0.2) is 66.3 Å². The van der Waals surface area contributed by atoms with Crippen LogP contribution in [0.3, 0.4) is 0 Å². The van der Waals surface area contributed by atoms with Crippen molar-refractivity contribution in [2.24, 2.45) is 5.92 Å². The molecule has 0 aliphatic carbocycles. The van der Waals surface area contributed by atoms with E-state index in [1.165, 1.54) is 10.4 Å². The average molecular weight is 889 g/mol. The summed E-state index contributed by atoms with van der Waals surface area (Å²) in [6.07, 6.45) is 8.92. The molecule has 0 aliphatic rings. The standard InChI is InChI=1S/C54H72O7Si2/c1-43(25-23-24-39-55)51(58-42-44-34-36-46(57-8)37-35-44)33-22-12-17-28-48(61-62(9,10)53(2,3)4)41-47(60-52(56)45-26-15-11-16-27-45)38-40-59-63(54(5,6)7,49-29-18-13-19-30-49)50-31-20-14-21-32-50/h11-21,23-24,26-27,29-32,34-37,43,47-48,51,55H,25,28,38-42H2,1-10H3/b17-12+,24-23+/t43-,47-,48+,51+/m1/s1. The first kappa shape index (κ1) is 51.1. The van der Waals surface area contributed by atoms with Crippen molar-refractivity contribution in [2.45, 2.75) is 122 Å². The molecule has 4 aromatic carbocycles. The number of rotatable bonds is 22. The molecule has 0 unspecified atom stereocenters. The molecule has 4 rings (SSSR count). The Kier molecular flexibility index (Phi) is 19.9. The zero-order valence-corrected chi connectivity index (χ0v) is 41.4. The molecule has 7 nitrogen and oxygen atoms in total. The molecule has 1 N–H and O–H groups in total. The van der Waals surface area contributed by atoms with Crippen LogP contribution in [0.5, 0.6) is 5.75 Å². The third-order valence-electron chi connectivity index (χ3n) is 12.0. The Hall–Kier alpha value is -4.54. The van der Waals surface area contributed by atoms with Gasteiger partial charge >= 0.3 is 5.97 Å². The summed E-state index contributed by atoms with van der Waals surface area (Å²) < 4.78 is 32.6. The molecule has 0 amide bonds. The van der Waals surface area contributed by atoms with Crippen molar-refractivity contribution in [2.75, 3.05) is 20.3 Å². The molecule has 0 heterocycles. The number of methoxy groups -OCH3 is 1. The smallest absolute Gasteiger partial charge is 0.338 e. The lowest BCUT2D eigenvalue weighted by atomic mass is 10.0. The third-order valence-corrected chi connectivity index (χ3v) is 21.5. The van der Waals surface area contributed by atoms with E-state index in [0.29, 0.717) is 38.0 Å². The minimum absolute atomic E-state index is 0.00322. The van der Waals surface area contributed by atoms with Gasteiger partial charge in [-0.05, 0) is 88.2 Å². The predicted octanol–water partition coefficient (Wildman–Crippen LogP) is 11.1. The lowest BCUT2D eigenvalue weighted by molar-refractivity contribution is 0.0102. The molecule has 0 fully saturated rings. The first-order chi connectivity index (χ1) is 30.0. The molecule has 0 radical (unpaired) electrons. The van der Waals surface area contributed by atoms with Gasteiger partial charge in [-0.2, -0.15) is 0 Å². The number of aliphatic hydroxyl groups is 1. The predicted molar refractivity (Wildman–Crippen MR) is 264 cm³/mol. The van der Waals surface area contributed by atoms with Crippen molar-refractivity contribution in [3.8, 4) is 17.6 Å². The number of ether oxygens (including phenoxy) is 3. The second kappa shape index (κ2) is 24.5. The van der Waals surface area contributed by atoms with Crippen LogP contribution in [0.2, 0.25) is 23.2 Å². The number of esters is 1. The SMILES string of the molecule is COc1ccc(CO[C@@H](C#C/C=C/C[C@@H](C[C@@H](CCO[Si](c2ccccc2)(c2ccccc2)C(C)(C)C)OC(=O)c2ccccc2)O[Si](C)(C)C(C)(C)C)[C@H](C)C/C=C/CO)cc1. The second-order valence-corrected chi connectivity index (χ2v) is 27.9. The minimum Gasteiger partial charge on any atom is -0.497 e. The van der Waals surface area contributed by atoms with E-state index < -0.39 is 22.7 Å². The van der Waals surface area contributed by atoms with Crippen LogP contribution in [0.25, 0.3) is 0 Å². The molecule has 9 heteroatoms. The lowest BCUT2D eigenvalue weighted by Crippen LogP contribution is -2.66. The van der Waals surface area contributed by atoms with E-state index in [-0.39, 0.29) is 40.8 Å². The lowest BCUT2D eigenvalue weighted by Gasteiger charge is -2.43. The number of hydrogen-bond donors (Lipinski definition) is 1. The van der Waals surface area contributed by atoms with Gasteiger partial charge < -0.3 is 28.2 Å². The molecule has 0 spiro atoms. The van der Waals surface area contributed by atoms with E-state index in [1.54, 1.807) is 25.3 Å². The summed E-state index contributed by atoms with van der Waals surface area (Å²) in [5.74, 6) is 7.15. The fourth-order valence-corrected chi connectivity index (χ4v) is 13.3. The van der Waals surface area contributed by atoms with Crippen molar-refractivity contribution in [1.29, 1.82) is 0 Å². The van der Waals surface area contributed by atoms with Crippen molar-refractivity contribution in [3.05, 3.63) is 151 Å². The fraction of sp³-hybridized carbons (Fsp3) is 0.426. The number of aliphatic hydroxyl groups excluding tert-OH is 1. The highest BCUT2D eigenvalue weighted by molar-refractivity contribution is 6.99. The second-order valence-electron chi connectivity index (χ2n) is 18.8. The molecular formula is C54H72O7Si2. The van der Waals surface area contributed by atoms with E-state index in [1.807, 2.05) is 66.7 Å². The van der Waals surface area contributed by atoms with Crippen LogP contribution in [0.4, 0.5) is 0 Å². The summed E-state index contributed by atoms with van der Waals surface area (Å²) in [6, 6.07) is 38.3. The summed E-state index contributed by atoms with van der Waals surface area (Å²) in [5.41, 5.74) is 1.54. The van der Waals surface area contributed by atoms with E-state index in [0.717, 1.165) is 17.7 Å². The Morgan fingerprint density at radius 2 is 1.33 bits per heavy atom. The van der Waals surface area contributed by atoms with Crippen molar-refractivity contribution in [3.63, 3.8) is 0 Å². The van der Waals surface area contributed by atoms with Crippen molar-refractivity contribution < 1.29 is 33.0 Å².